The average molecular weight is 323 g/mol. The lowest BCUT2D eigenvalue weighted by molar-refractivity contribution is -0.115. The van der Waals surface area contributed by atoms with Gasteiger partial charge in [-0.15, -0.1) is 0 Å². The van der Waals surface area contributed by atoms with Crippen molar-refractivity contribution < 1.29 is 19.1 Å². The molecule has 1 aromatic rings. The second kappa shape index (κ2) is 11.6. The molecule has 0 saturated heterocycles. The molecule has 0 radical (unpaired) electrons. The van der Waals surface area contributed by atoms with Gasteiger partial charge in [0.05, 0.1) is 13.2 Å². The third kappa shape index (κ3) is 8.29. The first-order chi connectivity index (χ1) is 11.2. The summed E-state index contributed by atoms with van der Waals surface area (Å²) in [5.41, 5.74) is 1.19. The van der Waals surface area contributed by atoms with Gasteiger partial charge in [-0.05, 0) is 37.2 Å². The maximum Gasteiger partial charge on any atom is 0.251 e. The van der Waals surface area contributed by atoms with Crippen molar-refractivity contribution in [3.05, 3.63) is 29.8 Å². The van der Waals surface area contributed by atoms with Gasteiger partial charge >= 0.3 is 0 Å². The van der Waals surface area contributed by atoms with Crippen LogP contribution in [0.15, 0.2) is 24.3 Å². The molecule has 0 aliphatic heterocycles. The normalized spacial score (nSPS) is 10.3. The van der Waals surface area contributed by atoms with Gasteiger partial charge in [0.1, 0.15) is 0 Å². The smallest absolute Gasteiger partial charge is 0.251 e. The summed E-state index contributed by atoms with van der Waals surface area (Å²) in [5, 5.41) is 8.53. The molecule has 0 spiro atoms. The molecular weight excluding hydrogens is 298 g/mol. The molecule has 7 nitrogen and oxygen atoms in total. The summed E-state index contributed by atoms with van der Waals surface area (Å²) >= 11 is 0. The number of hydrogen-bond donors (Lipinski definition) is 3. The fourth-order valence-electron chi connectivity index (χ4n) is 1.82. The highest BCUT2D eigenvalue weighted by molar-refractivity contribution is 5.96. The van der Waals surface area contributed by atoms with Gasteiger partial charge in [0.15, 0.2) is 0 Å². The van der Waals surface area contributed by atoms with E-state index >= 15 is 0 Å². The molecule has 128 valence electrons. The van der Waals surface area contributed by atoms with Crippen molar-refractivity contribution in [2.24, 2.45) is 0 Å². The molecule has 0 fully saturated rings. The summed E-state index contributed by atoms with van der Waals surface area (Å²) in [6, 6.07) is 6.75. The van der Waals surface area contributed by atoms with Gasteiger partial charge in [0.2, 0.25) is 5.91 Å². The first-order valence-electron chi connectivity index (χ1n) is 7.54. The molecule has 0 bridgehead atoms. The van der Waals surface area contributed by atoms with Gasteiger partial charge in [-0.2, -0.15) is 0 Å². The predicted octanol–water partition coefficient (Wildman–Crippen LogP) is 0.627. The standard InChI is InChI=1S/C16H25N3O4/c1-22-10-3-8-17-12-15(20)19-14-6-4-13(5-7-14)16(21)18-9-11-23-2/h4-7,17H,3,8-12H2,1-2H3,(H,18,21)(H,19,20). The summed E-state index contributed by atoms with van der Waals surface area (Å²) in [5.74, 6) is -0.292. The lowest BCUT2D eigenvalue weighted by Gasteiger charge is -2.08. The predicted molar refractivity (Wildman–Crippen MR) is 88.6 cm³/mol. The van der Waals surface area contributed by atoms with Gasteiger partial charge in [-0.3, -0.25) is 9.59 Å². The van der Waals surface area contributed by atoms with Crippen molar-refractivity contribution in [3.8, 4) is 0 Å². The SMILES string of the molecule is COCCCNCC(=O)Nc1ccc(C(=O)NCCOC)cc1. The Balaban J connectivity index is 2.32. The molecule has 0 heterocycles. The number of anilines is 1. The van der Waals surface area contributed by atoms with E-state index in [1.165, 1.54) is 0 Å². The Morgan fingerprint density at radius 2 is 1.70 bits per heavy atom. The summed E-state index contributed by atoms with van der Waals surface area (Å²) in [6.07, 6.45) is 0.858. The monoisotopic (exact) mass is 323 g/mol. The van der Waals surface area contributed by atoms with E-state index in [0.717, 1.165) is 13.0 Å². The van der Waals surface area contributed by atoms with Crippen LogP contribution in [0.4, 0.5) is 5.69 Å². The highest BCUT2D eigenvalue weighted by Gasteiger charge is 2.06. The number of methoxy groups -OCH3 is 2. The van der Waals surface area contributed by atoms with Gasteiger partial charge < -0.3 is 25.4 Å². The second-order valence-electron chi connectivity index (χ2n) is 4.90. The minimum absolute atomic E-state index is 0.125. The maximum absolute atomic E-state index is 11.8. The number of carbonyl (C=O) groups is 2. The zero-order chi connectivity index (χ0) is 16.9. The van der Waals surface area contributed by atoms with Crippen molar-refractivity contribution in [3.63, 3.8) is 0 Å². The van der Waals surface area contributed by atoms with E-state index < -0.39 is 0 Å². The zero-order valence-corrected chi connectivity index (χ0v) is 13.7. The third-order valence-electron chi connectivity index (χ3n) is 3.01. The molecule has 2 amide bonds. The average Bonchev–Trinajstić information content (AvgIpc) is 2.55. The van der Waals surface area contributed by atoms with E-state index in [1.807, 2.05) is 0 Å². The van der Waals surface area contributed by atoms with Crippen LogP contribution in [0.1, 0.15) is 16.8 Å². The Morgan fingerprint density at radius 3 is 2.35 bits per heavy atom. The molecular formula is C16H25N3O4. The number of benzene rings is 1. The Kier molecular flexibility index (Phi) is 9.62. The van der Waals surface area contributed by atoms with Crippen molar-refractivity contribution in [1.29, 1.82) is 0 Å². The van der Waals surface area contributed by atoms with Crippen LogP contribution in [0, 0.1) is 0 Å². The molecule has 1 aromatic carbocycles. The van der Waals surface area contributed by atoms with Crippen LogP contribution in [0.5, 0.6) is 0 Å². The van der Waals surface area contributed by atoms with Gasteiger partial charge in [-0.25, -0.2) is 0 Å². The quantitative estimate of drug-likeness (QED) is 0.520. The molecule has 3 N–H and O–H groups in total. The fourth-order valence-corrected chi connectivity index (χ4v) is 1.82. The number of rotatable bonds is 11. The number of hydrogen-bond acceptors (Lipinski definition) is 5. The summed E-state index contributed by atoms with van der Waals surface area (Å²) in [4.78, 5) is 23.5. The van der Waals surface area contributed by atoms with E-state index in [9.17, 15) is 9.59 Å². The van der Waals surface area contributed by atoms with E-state index in [1.54, 1.807) is 38.5 Å². The molecule has 0 atom stereocenters. The topological polar surface area (TPSA) is 88.7 Å². The first kappa shape index (κ1) is 19.1. The van der Waals surface area contributed by atoms with Crippen molar-refractivity contribution in [2.45, 2.75) is 6.42 Å². The van der Waals surface area contributed by atoms with E-state index in [4.69, 9.17) is 9.47 Å². The molecule has 23 heavy (non-hydrogen) atoms. The Hall–Kier alpha value is -1.96. The Bertz CT molecular complexity index is 477. The van der Waals surface area contributed by atoms with Crippen molar-refractivity contribution in [2.75, 3.05) is 52.4 Å². The number of amides is 2. The van der Waals surface area contributed by atoms with Gasteiger partial charge in [0, 0.05) is 38.6 Å². The highest BCUT2D eigenvalue weighted by atomic mass is 16.5. The van der Waals surface area contributed by atoms with Crippen LogP contribution in [-0.2, 0) is 14.3 Å². The van der Waals surface area contributed by atoms with Gasteiger partial charge in [0.25, 0.3) is 5.91 Å². The van der Waals surface area contributed by atoms with Crippen molar-refractivity contribution >= 4 is 17.5 Å². The number of ether oxygens (including phenoxy) is 2. The molecule has 0 aromatic heterocycles. The largest absolute Gasteiger partial charge is 0.385 e. The summed E-state index contributed by atoms with van der Waals surface area (Å²) < 4.78 is 9.80. The van der Waals surface area contributed by atoms with Crippen molar-refractivity contribution in [1.82, 2.24) is 10.6 Å². The zero-order valence-electron chi connectivity index (χ0n) is 13.7. The summed E-state index contributed by atoms with van der Waals surface area (Å²) in [7, 11) is 3.23. The van der Waals surface area contributed by atoms with Crippen LogP contribution in [0.2, 0.25) is 0 Å². The van der Waals surface area contributed by atoms with Crippen LogP contribution in [0.25, 0.3) is 0 Å². The fraction of sp³-hybridized carbons (Fsp3) is 0.500. The molecule has 7 heteroatoms. The molecule has 0 aliphatic rings. The Labute approximate surface area is 136 Å². The minimum Gasteiger partial charge on any atom is -0.385 e. The number of nitrogens with one attached hydrogen (secondary N) is 3. The van der Waals surface area contributed by atoms with Crippen LogP contribution in [-0.4, -0.2) is 58.9 Å². The maximum atomic E-state index is 11.8. The Morgan fingerprint density at radius 1 is 1.00 bits per heavy atom. The molecule has 0 aliphatic carbocycles. The minimum atomic E-state index is -0.167. The second-order valence-corrected chi connectivity index (χ2v) is 4.90. The lowest BCUT2D eigenvalue weighted by Crippen LogP contribution is -2.29. The molecule has 0 unspecified atom stereocenters. The van der Waals surface area contributed by atoms with Crippen LogP contribution >= 0.6 is 0 Å². The lowest BCUT2D eigenvalue weighted by atomic mass is 10.2. The van der Waals surface area contributed by atoms with Crippen LogP contribution < -0.4 is 16.0 Å². The number of carbonyl (C=O) groups excluding carboxylic acids is 2. The van der Waals surface area contributed by atoms with Crippen LogP contribution in [0.3, 0.4) is 0 Å². The third-order valence-corrected chi connectivity index (χ3v) is 3.01. The van der Waals surface area contributed by atoms with E-state index in [0.29, 0.717) is 31.0 Å². The first-order valence-corrected chi connectivity index (χ1v) is 7.54. The summed E-state index contributed by atoms with van der Waals surface area (Å²) in [6.45, 7) is 2.56. The van der Waals surface area contributed by atoms with E-state index in [2.05, 4.69) is 16.0 Å². The van der Waals surface area contributed by atoms with E-state index in [-0.39, 0.29) is 18.4 Å². The molecule has 1 rings (SSSR count). The highest BCUT2D eigenvalue weighted by Crippen LogP contribution is 2.09. The van der Waals surface area contributed by atoms with Gasteiger partial charge in [-0.1, -0.05) is 0 Å². The molecule has 0 saturated carbocycles.